The van der Waals surface area contributed by atoms with Crippen LogP contribution in [0.2, 0.25) is 0 Å². The largest absolute Gasteiger partial charge is 0.377 e. The third kappa shape index (κ3) is 3.59. The van der Waals surface area contributed by atoms with Crippen molar-refractivity contribution in [3.05, 3.63) is 89.5 Å². The minimum Gasteiger partial charge on any atom is -0.377 e. The first-order chi connectivity index (χ1) is 15.1. The number of nitrogens with zero attached hydrogens (tertiary/aromatic N) is 3. The van der Waals surface area contributed by atoms with E-state index in [1.54, 1.807) is 0 Å². The Labute approximate surface area is 181 Å². The molecule has 5 nitrogen and oxygen atoms in total. The second-order valence-electron chi connectivity index (χ2n) is 8.08. The Hall–Kier alpha value is -3.86. The fourth-order valence-electron chi connectivity index (χ4n) is 4.24. The standard InChI is InChI=1S/C26H24N4O/c1-29(2)25-14-26(28-23-10-6-5-9-22(23)25)27-21-12-11-20(17-31)24(13-21)30-15-18-7-3-4-8-19(18)16-30/h3-14,17H,15-16H2,1-2H3,(H,27,28). The van der Waals surface area contributed by atoms with Gasteiger partial charge in [-0.3, -0.25) is 4.79 Å². The highest BCUT2D eigenvalue weighted by Gasteiger charge is 2.21. The van der Waals surface area contributed by atoms with Crippen LogP contribution in [0.5, 0.6) is 0 Å². The van der Waals surface area contributed by atoms with Crippen molar-refractivity contribution < 1.29 is 4.79 Å². The summed E-state index contributed by atoms with van der Waals surface area (Å²) in [6.45, 7) is 1.61. The predicted molar refractivity (Wildman–Crippen MR) is 128 cm³/mol. The molecule has 5 rings (SSSR count). The number of benzene rings is 3. The van der Waals surface area contributed by atoms with Crippen molar-refractivity contribution >= 4 is 40.1 Å². The van der Waals surface area contributed by atoms with Crippen LogP contribution in [0.25, 0.3) is 10.9 Å². The van der Waals surface area contributed by atoms with Gasteiger partial charge in [0.15, 0.2) is 6.29 Å². The van der Waals surface area contributed by atoms with E-state index in [0.717, 1.165) is 53.2 Å². The number of pyridine rings is 1. The molecule has 5 heteroatoms. The number of aromatic nitrogens is 1. The van der Waals surface area contributed by atoms with Gasteiger partial charge in [0.1, 0.15) is 5.82 Å². The molecule has 0 aliphatic carbocycles. The molecule has 31 heavy (non-hydrogen) atoms. The molecule has 4 aromatic rings. The number of anilines is 4. The van der Waals surface area contributed by atoms with E-state index >= 15 is 0 Å². The van der Waals surface area contributed by atoms with Crippen molar-refractivity contribution in [2.75, 3.05) is 29.2 Å². The predicted octanol–water partition coefficient (Wildman–Crippen LogP) is 5.38. The molecule has 1 aliphatic rings. The number of para-hydroxylation sites is 1. The fraction of sp³-hybridized carbons (Fsp3) is 0.154. The van der Waals surface area contributed by atoms with Gasteiger partial charge >= 0.3 is 0 Å². The maximum atomic E-state index is 11.7. The number of hydrogen-bond acceptors (Lipinski definition) is 5. The van der Waals surface area contributed by atoms with Gasteiger partial charge in [-0.2, -0.15) is 0 Å². The molecule has 0 saturated carbocycles. The molecule has 3 aromatic carbocycles. The summed E-state index contributed by atoms with van der Waals surface area (Å²) < 4.78 is 0. The zero-order valence-corrected chi connectivity index (χ0v) is 17.7. The van der Waals surface area contributed by atoms with E-state index in [1.165, 1.54) is 11.1 Å². The number of fused-ring (bicyclic) bond motifs is 2. The Bertz CT molecular complexity index is 1260. The number of nitrogens with one attached hydrogen (secondary N) is 1. The topological polar surface area (TPSA) is 48.5 Å². The molecule has 0 spiro atoms. The number of aldehydes is 1. The maximum Gasteiger partial charge on any atom is 0.152 e. The molecular formula is C26H24N4O. The van der Waals surface area contributed by atoms with Crippen LogP contribution in [0.3, 0.4) is 0 Å². The lowest BCUT2D eigenvalue weighted by atomic mass is 10.1. The number of carbonyl (C=O) groups excluding carboxylic acids is 1. The summed E-state index contributed by atoms with van der Waals surface area (Å²) in [4.78, 5) is 20.9. The Morgan fingerprint density at radius 2 is 1.65 bits per heavy atom. The third-order valence-corrected chi connectivity index (χ3v) is 5.79. The molecule has 1 N–H and O–H groups in total. The summed E-state index contributed by atoms with van der Waals surface area (Å²) in [5.41, 5.74) is 7.20. The van der Waals surface area contributed by atoms with Crippen LogP contribution < -0.4 is 15.1 Å². The lowest BCUT2D eigenvalue weighted by Gasteiger charge is -2.21. The van der Waals surface area contributed by atoms with E-state index in [1.807, 2.05) is 50.5 Å². The van der Waals surface area contributed by atoms with Crippen LogP contribution in [0.1, 0.15) is 21.5 Å². The summed E-state index contributed by atoms with van der Waals surface area (Å²) in [7, 11) is 4.07. The highest BCUT2D eigenvalue weighted by Crippen LogP contribution is 2.34. The average Bonchev–Trinajstić information content (AvgIpc) is 3.22. The summed E-state index contributed by atoms with van der Waals surface area (Å²) >= 11 is 0. The van der Waals surface area contributed by atoms with Crippen LogP contribution in [0.4, 0.5) is 22.9 Å². The molecule has 2 heterocycles. The molecule has 0 radical (unpaired) electrons. The van der Waals surface area contributed by atoms with Gasteiger partial charge in [0.05, 0.1) is 5.52 Å². The molecule has 0 fully saturated rings. The van der Waals surface area contributed by atoms with Crippen LogP contribution in [0.15, 0.2) is 72.8 Å². The lowest BCUT2D eigenvalue weighted by Crippen LogP contribution is -2.16. The van der Waals surface area contributed by atoms with Crippen LogP contribution in [-0.4, -0.2) is 25.4 Å². The van der Waals surface area contributed by atoms with Gasteiger partial charge in [-0.1, -0.05) is 42.5 Å². The van der Waals surface area contributed by atoms with Gasteiger partial charge in [0, 0.05) is 61.3 Å². The first-order valence-corrected chi connectivity index (χ1v) is 10.4. The highest BCUT2D eigenvalue weighted by molar-refractivity contribution is 5.94. The molecule has 0 amide bonds. The first-order valence-electron chi connectivity index (χ1n) is 10.4. The fourth-order valence-corrected chi connectivity index (χ4v) is 4.24. The van der Waals surface area contributed by atoms with Crippen molar-refractivity contribution in [1.82, 2.24) is 4.98 Å². The summed E-state index contributed by atoms with van der Waals surface area (Å²) in [5, 5.41) is 4.56. The van der Waals surface area contributed by atoms with Crippen molar-refractivity contribution in [3.8, 4) is 0 Å². The second-order valence-corrected chi connectivity index (χ2v) is 8.08. The van der Waals surface area contributed by atoms with Crippen LogP contribution in [-0.2, 0) is 13.1 Å². The quantitative estimate of drug-likeness (QED) is 0.450. The Morgan fingerprint density at radius 1 is 0.935 bits per heavy atom. The van der Waals surface area contributed by atoms with Crippen LogP contribution >= 0.6 is 0 Å². The van der Waals surface area contributed by atoms with E-state index in [2.05, 4.69) is 51.5 Å². The Kier molecular flexibility index (Phi) is 4.79. The smallest absolute Gasteiger partial charge is 0.152 e. The third-order valence-electron chi connectivity index (χ3n) is 5.79. The molecule has 0 saturated heterocycles. The molecule has 1 aromatic heterocycles. The minimum atomic E-state index is 0.693. The van der Waals surface area contributed by atoms with Gasteiger partial charge in [-0.05, 0) is 35.4 Å². The SMILES string of the molecule is CN(C)c1cc(Nc2ccc(C=O)c(N3Cc4ccccc4C3)c2)nc2ccccc12. The van der Waals surface area contributed by atoms with E-state index in [0.29, 0.717) is 5.56 Å². The van der Waals surface area contributed by atoms with Gasteiger partial charge in [-0.15, -0.1) is 0 Å². The molecule has 0 unspecified atom stereocenters. The normalized spacial score (nSPS) is 12.6. The van der Waals surface area contributed by atoms with Gasteiger partial charge in [-0.25, -0.2) is 4.98 Å². The molecular weight excluding hydrogens is 384 g/mol. The summed E-state index contributed by atoms with van der Waals surface area (Å²) in [6.07, 6.45) is 0.931. The van der Waals surface area contributed by atoms with Gasteiger partial charge in [0.25, 0.3) is 0 Å². The van der Waals surface area contributed by atoms with E-state index < -0.39 is 0 Å². The van der Waals surface area contributed by atoms with Gasteiger partial charge in [0.2, 0.25) is 0 Å². The first kappa shape index (κ1) is 19.1. The number of rotatable bonds is 5. The Morgan fingerprint density at radius 3 is 2.35 bits per heavy atom. The van der Waals surface area contributed by atoms with Gasteiger partial charge < -0.3 is 15.1 Å². The molecule has 0 bridgehead atoms. The van der Waals surface area contributed by atoms with E-state index in [4.69, 9.17) is 4.98 Å². The highest BCUT2D eigenvalue weighted by atomic mass is 16.1. The minimum absolute atomic E-state index is 0.693. The number of carbonyl (C=O) groups is 1. The summed E-state index contributed by atoms with van der Waals surface area (Å²) in [6, 6.07) is 24.5. The van der Waals surface area contributed by atoms with Crippen LogP contribution in [0, 0.1) is 0 Å². The lowest BCUT2D eigenvalue weighted by molar-refractivity contribution is 0.112. The van der Waals surface area contributed by atoms with E-state index in [-0.39, 0.29) is 0 Å². The van der Waals surface area contributed by atoms with Crippen molar-refractivity contribution in [2.24, 2.45) is 0 Å². The van der Waals surface area contributed by atoms with Crippen molar-refractivity contribution in [3.63, 3.8) is 0 Å². The summed E-state index contributed by atoms with van der Waals surface area (Å²) in [5.74, 6) is 0.775. The zero-order valence-electron chi connectivity index (χ0n) is 17.7. The van der Waals surface area contributed by atoms with E-state index in [9.17, 15) is 4.79 Å². The number of hydrogen-bond donors (Lipinski definition) is 1. The monoisotopic (exact) mass is 408 g/mol. The Balaban J connectivity index is 1.50. The molecule has 154 valence electrons. The second kappa shape index (κ2) is 7.76. The van der Waals surface area contributed by atoms with Crippen molar-refractivity contribution in [1.29, 1.82) is 0 Å². The molecule has 1 aliphatic heterocycles. The van der Waals surface area contributed by atoms with Crippen molar-refractivity contribution in [2.45, 2.75) is 13.1 Å². The zero-order chi connectivity index (χ0) is 21.4. The molecule has 0 atom stereocenters. The average molecular weight is 409 g/mol. The maximum absolute atomic E-state index is 11.7.